The van der Waals surface area contributed by atoms with Crippen molar-refractivity contribution in [3.63, 3.8) is 0 Å². The van der Waals surface area contributed by atoms with Crippen LogP contribution in [0.15, 0.2) is 49.1 Å². The summed E-state index contributed by atoms with van der Waals surface area (Å²) in [6, 6.07) is 12.2. The molecule has 3 aromatic rings. The molecule has 9 nitrogen and oxygen atoms in total. The molecule has 2 fully saturated rings. The first-order valence-corrected chi connectivity index (χ1v) is 13.9. The van der Waals surface area contributed by atoms with Crippen LogP contribution >= 0.6 is 0 Å². The normalized spacial score (nSPS) is 20.1. The van der Waals surface area contributed by atoms with E-state index >= 15 is 0 Å². The first-order valence-electron chi connectivity index (χ1n) is 13.9. The molecule has 2 aromatic carbocycles. The molecule has 1 aromatic heterocycles. The molecule has 0 radical (unpaired) electrons. The number of carbonyl (C=O) groups is 1. The quantitative estimate of drug-likeness (QED) is 0.506. The number of likely N-dealkylation sites (N-methyl/N-ethyl adjacent to an activating group) is 1. The number of aromatic hydroxyl groups is 1. The molecule has 2 saturated heterocycles. The third-order valence-electron chi connectivity index (χ3n) is 8.11. The molecule has 0 spiro atoms. The first-order chi connectivity index (χ1) is 19.0. The average molecular weight is 529 g/mol. The number of carbonyl (C=O) groups excluding carboxylic acids is 1. The first kappa shape index (κ1) is 25.4. The van der Waals surface area contributed by atoms with Gasteiger partial charge in [-0.05, 0) is 50.4 Å². The van der Waals surface area contributed by atoms with Crippen molar-refractivity contribution in [1.29, 1.82) is 0 Å². The van der Waals surface area contributed by atoms with Crippen LogP contribution in [-0.2, 0) is 17.8 Å². The lowest BCUT2D eigenvalue weighted by Crippen LogP contribution is -2.49. The van der Waals surface area contributed by atoms with E-state index in [1.807, 2.05) is 29.2 Å². The summed E-state index contributed by atoms with van der Waals surface area (Å²) < 4.78 is 6.40. The van der Waals surface area contributed by atoms with Gasteiger partial charge in [0.05, 0.1) is 12.2 Å². The number of aromatic nitrogens is 2. The van der Waals surface area contributed by atoms with E-state index in [1.54, 1.807) is 6.07 Å². The smallest absolute Gasteiger partial charge is 0.318 e. The highest BCUT2D eigenvalue weighted by molar-refractivity contribution is 5.95. The zero-order valence-electron chi connectivity index (χ0n) is 22.6. The summed E-state index contributed by atoms with van der Waals surface area (Å²) in [5.41, 5.74) is 3.11. The van der Waals surface area contributed by atoms with Crippen LogP contribution in [0.25, 0.3) is 10.8 Å². The van der Waals surface area contributed by atoms with E-state index in [9.17, 15) is 9.90 Å². The summed E-state index contributed by atoms with van der Waals surface area (Å²) in [6.07, 6.45) is 4.31. The van der Waals surface area contributed by atoms with Gasteiger partial charge in [0.15, 0.2) is 0 Å². The van der Waals surface area contributed by atoms with Crippen LogP contribution < -0.4 is 14.5 Å². The highest BCUT2D eigenvalue weighted by Gasteiger charge is 2.30. The summed E-state index contributed by atoms with van der Waals surface area (Å²) in [4.78, 5) is 30.8. The topological polar surface area (TPSA) is 85.3 Å². The maximum absolute atomic E-state index is 12.1. The predicted molar refractivity (Wildman–Crippen MR) is 153 cm³/mol. The number of rotatable bonds is 5. The van der Waals surface area contributed by atoms with E-state index in [0.29, 0.717) is 38.7 Å². The molecule has 4 heterocycles. The number of phenolic OH excluding ortho intramolecular Hbond substituents is 1. The van der Waals surface area contributed by atoms with Crippen molar-refractivity contribution in [1.82, 2.24) is 19.8 Å². The number of fused-ring (bicyclic) bond motifs is 2. The molecule has 1 amide bonds. The van der Waals surface area contributed by atoms with Gasteiger partial charge < -0.3 is 29.4 Å². The number of anilines is 2. The third kappa shape index (κ3) is 5.23. The Morgan fingerprint density at radius 2 is 1.90 bits per heavy atom. The Morgan fingerprint density at radius 3 is 2.69 bits per heavy atom. The second-order valence-corrected chi connectivity index (χ2v) is 10.8. The van der Waals surface area contributed by atoms with Crippen molar-refractivity contribution in [3.8, 4) is 11.8 Å². The molecule has 1 N–H and O–H groups in total. The van der Waals surface area contributed by atoms with Gasteiger partial charge in [-0.3, -0.25) is 4.79 Å². The summed E-state index contributed by atoms with van der Waals surface area (Å²) in [5, 5.41) is 12.6. The molecular weight excluding hydrogens is 492 g/mol. The highest BCUT2D eigenvalue weighted by atomic mass is 16.5. The van der Waals surface area contributed by atoms with Gasteiger partial charge in [-0.15, -0.1) is 0 Å². The Kier molecular flexibility index (Phi) is 6.99. The van der Waals surface area contributed by atoms with Crippen molar-refractivity contribution < 1.29 is 14.6 Å². The molecule has 0 saturated carbocycles. The number of piperazine rings is 1. The van der Waals surface area contributed by atoms with Crippen LogP contribution in [0, 0.1) is 0 Å². The number of hydrogen-bond acceptors (Lipinski definition) is 8. The zero-order chi connectivity index (χ0) is 26.9. The Morgan fingerprint density at radius 1 is 1.08 bits per heavy atom. The summed E-state index contributed by atoms with van der Waals surface area (Å²) >= 11 is 0. The van der Waals surface area contributed by atoms with Gasteiger partial charge in [0.1, 0.15) is 17.7 Å². The molecule has 39 heavy (non-hydrogen) atoms. The minimum absolute atomic E-state index is 0.0289. The maximum atomic E-state index is 12.1. The third-order valence-corrected chi connectivity index (χ3v) is 8.11. The van der Waals surface area contributed by atoms with Crippen LogP contribution in [-0.4, -0.2) is 89.7 Å². The minimum atomic E-state index is -0.0289. The van der Waals surface area contributed by atoms with Crippen molar-refractivity contribution in [2.45, 2.75) is 31.9 Å². The fourth-order valence-corrected chi connectivity index (χ4v) is 6.08. The van der Waals surface area contributed by atoms with Crippen LogP contribution in [0.5, 0.6) is 11.8 Å². The van der Waals surface area contributed by atoms with Crippen molar-refractivity contribution in [2.75, 3.05) is 62.7 Å². The fourth-order valence-electron chi connectivity index (χ4n) is 6.08. The number of phenols is 1. The van der Waals surface area contributed by atoms with Crippen LogP contribution in [0.3, 0.4) is 0 Å². The second kappa shape index (κ2) is 10.7. The molecule has 1 atom stereocenters. The van der Waals surface area contributed by atoms with Crippen molar-refractivity contribution in [3.05, 3.63) is 60.3 Å². The van der Waals surface area contributed by atoms with E-state index in [-0.39, 0.29) is 17.8 Å². The van der Waals surface area contributed by atoms with Crippen LogP contribution in [0.4, 0.5) is 11.5 Å². The van der Waals surface area contributed by atoms with Gasteiger partial charge >= 0.3 is 6.01 Å². The monoisotopic (exact) mass is 528 g/mol. The summed E-state index contributed by atoms with van der Waals surface area (Å²) in [7, 11) is 2.12. The maximum Gasteiger partial charge on any atom is 0.318 e. The van der Waals surface area contributed by atoms with Gasteiger partial charge in [-0.2, -0.15) is 9.97 Å². The van der Waals surface area contributed by atoms with Crippen molar-refractivity contribution in [2.24, 2.45) is 0 Å². The lowest BCUT2D eigenvalue weighted by atomic mass is 10.0. The lowest BCUT2D eigenvalue weighted by Gasteiger charge is -2.38. The molecule has 6 rings (SSSR count). The van der Waals surface area contributed by atoms with Gasteiger partial charge in [0.2, 0.25) is 5.91 Å². The van der Waals surface area contributed by atoms with E-state index < -0.39 is 0 Å². The Balaban J connectivity index is 1.33. The van der Waals surface area contributed by atoms with Gasteiger partial charge in [0, 0.05) is 62.0 Å². The molecule has 0 aliphatic carbocycles. The predicted octanol–water partition coefficient (Wildman–Crippen LogP) is 3.21. The van der Waals surface area contributed by atoms with E-state index in [4.69, 9.17) is 14.7 Å². The van der Waals surface area contributed by atoms with Crippen LogP contribution in [0.2, 0.25) is 0 Å². The highest BCUT2D eigenvalue weighted by Crippen LogP contribution is 2.36. The van der Waals surface area contributed by atoms with E-state index in [2.05, 4.69) is 34.4 Å². The average Bonchev–Trinajstić information content (AvgIpc) is 2.95. The Labute approximate surface area is 229 Å². The molecule has 204 valence electrons. The number of hydrogen-bond donors (Lipinski definition) is 1. The van der Waals surface area contributed by atoms with Crippen LogP contribution in [0.1, 0.15) is 24.1 Å². The molecule has 0 bridgehead atoms. The summed E-state index contributed by atoms with van der Waals surface area (Å²) in [5.74, 6) is 1.15. The molecule has 3 aliphatic heterocycles. The van der Waals surface area contributed by atoms with E-state index in [0.717, 1.165) is 72.4 Å². The van der Waals surface area contributed by atoms with Crippen molar-refractivity contribution >= 4 is 28.2 Å². The van der Waals surface area contributed by atoms with Gasteiger partial charge in [-0.1, -0.05) is 30.8 Å². The molecule has 3 aliphatic rings. The molecule has 1 unspecified atom stereocenters. The number of nitrogens with zero attached hydrogens (tertiary/aromatic N) is 6. The van der Waals surface area contributed by atoms with Gasteiger partial charge in [-0.25, -0.2) is 0 Å². The summed E-state index contributed by atoms with van der Waals surface area (Å²) in [6.45, 7) is 9.65. The number of ether oxygens (including phenoxy) is 1. The van der Waals surface area contributed by atoms with Gasteiger partial charge in [0.25, 0.3) is 0 Å². The zero-order valence-corrected chi connectivity index (χ0v) is 22.6. The fraction of sp³-hybridized carbons (Fsp3) is 0.433. The molecule has 9 heteroatoms. The number of benzene rings is 2. The number of piperidine rings is 1. The molecular formula is C30H36N6O3. The Bertz CT molecular complexity index is 1390. The Hall–Kier alpha value is -3.85. The lowest BCUT2D eigenvalue weighted by molar-refractivity contribution is -0.126. The minimum Gasteiger partial charge on any atom is -0.508 e. The second-order valence-electron chi connectivity index (χ2n) is 10.8. The number of likely N-dealkylation sites (tertiary alicyclic amines) is 1. The largest absolute Gasteiger partial charge is 0.508 e. The standard InChI is InChI=1S/C30H36N6O3/c1-3-28(38)34-13-15-35(16-14-34)29-25-10-12-36(27-18-22(37)17-21-7-4-5-9-24(21)27)20-26(25)31-30(32-29)39-23-8-6-11-33(2)19-23/h3-5,7,9,17-18,23,37H,1,6,8,10-16,19-20H2,2H3. The van der Waals surface area contributed by atoms with E-state index in [1.165, 1.54) is 6.08 Å². The SMILES string of the molecule is C=CC(=O)N1CCN(c2nc(OC3CCCN(C)C3)nc3c2CCN(c2cc(O)cc4ccccc24)C3)CC1. The number of amides is 1.